The average molecular weight is 402 g/mol. The Morgan fingerprint density at radius 2 is 1.82 bits per heavy atom. The van der Waals surface area contributed by atoms with E-state index in [1.165, 1.54) is 9.71 Å². The summed E-state index contributed by atoms with van der Waals surface area (Å²) in [5.41, 5.74) is 1.64. The standard InChI is InChI=1S/C22H27NO4S/c1-27-21-9-5-8-20(16-21)17-22(18-24)11-13-23(14-12-22)28(25,26)15-10-19-6-3-2-4-7-19/h2-10,15-16,24H,11-14,17-18H2,1H3/b15-10+. The highest BCUT2D eigenvalue weighted by atomic mass is 32.2. The van der Waals surface area contributed by atoms with Gasteiger partial charge in [-0.3, -0.25) is 0 Å². The van der Waals surface area contributed by atoms with Crippen LogP contribution in [0.15, 0.2) is 60.0 Å². The fourth-order valence-corrected chi connectivity index (χ4v) is 4.83. The first kappa shape index (κ1) is 20.6. The number of piperidine rings is 1. The summed E-state index contributed by atoms with van der Waals surface area (Å²) in [6.45, 7) is 0.857. The van der Waals surface area contributed by atoms with Crippen molar-refractivity contribution in [2.24, 2.45) is 5.41 Å². The molecule has 0 amide bonds. The third-order valence-corrected chi connectivity index (χ3v) is 6.99. The molecule has 1 N–H and O–H groups in total. The lowest BCUT2D eigenvalue weighted by atomic mass is 9.75. The Hall–Kier alpha value is -2.15. The molecule has 0 aliphatic carbocycles. The van der Waals surface area contributed by atoms with Crippen LogP contribution < -0.4 is 4.74 Å². The zero-order chi connectivity index (χ0) is 20.0. The fraction of sp³-hybridized carbons (Fsp3) is 0.364. The molecule has 0 bridgehead atoms. The SMILES string of the molecule is COc1cccc(CC2(CO)CCN(S(=O)(=O)/C=C/c3ccccc3)CC2)c1. The highest BCUT2D eigenvalue weighted by molar-refractivity contribution is 7.92. The first-order valence-corrected chi connectivity index (χ1v) is 10.9. The molecule has 2 aromatic rings. The molecule has 1 aliphatic heterocycles. The predicted octanol–water partition coefficient (Wildman–Crippen LogP) is 3.31. The summed E-state index contributed by atoms with van der Waals surface area (Å²) in [4.78, 5) is 0. The van der Waals surface area contributed by atoms with Crippen LogP contribution in [-0.4, -0.2) is 44.6 Å². The van der Waals surface area contributed by atoms with Gasteiger partial charge in [-0.2, -0.15) is 4.31 Å². The number of benzene rings is 2. The molecule has 2 aromatic carbocycles. The van der Waals surface area contributed by atoms with E-state index >= 15 is 0 Å². The Morgan fingerprint density at radius 3 is 2.46 bits per heavy atom. The molecule has 3 rings (SSSR count). The highest BCUT2D eigenvalue weighted by Crippen LogP contribution is 2.36. The van der Waals surface area contributed by atoms with Crippen molar-refractivity contribution in [2.75, 3.05) is 26.8 Å². The third-order valence-electron chi connectivity index (χ3n) is 5.42. The number of nitrogens with zero attached hydrogens (tertiary/aromatic N) is 1. The quantitative estimate of drug-likeness (QED) is 0.773. The van der Waals surface area contributed by atoms with Crippen LogP contribution in [0.3, 0.4) is 0 Å². The van der Waals surface area contributed by atoms with E-state index in [0.717, 1.165) is 16.9 Å². The molecule has 0 aromatic heterocycles. The van der Waals surface area contributed by atoms with Gasteiger partial charge in [-0.1, -0.05) is 42.5 Å². The van der Waals surface area contributed by atoms with E-state index in [4.69, 9.17) is 4.74 Å². The number of hydrogen-bond donors (Lipinski definition) is 1. The maximum atomic E-state index is 12.7. The van der Waals surface area contributed by atoms with E-state index in [1.807, 2.05) is 54.6 Å². The number of aliphatic hydroxyl groups excluding tert-OH is 1. The zero-order valence-electron chi connectivity index (χ0n) is 16.1. The minimum Gasteiger partial charge on any atom is -0.497 e. The Bertz CT molecular complexity index is 901. The molecule has 0 spiro atoms. The highest BCUT2D eigenvalue weighted by Gasteiger charge is 2.37. The molecule has 0 saturated carbocycles. The van der Waals surface area contributed by atoms with E-state index in [9.17, 15) is 13.5 Å². The Kier molecular flexibility index (Phi) is 6.54. The molecule has 1 saturated heterocycles. The maximum absolute atomic E-state index is 12.7. The zero-order valence-corrected chi connectivity index (χ0v) is 16.9. The average Bonchev–Trinajstić information content (AvgIpc) is 2.73. The molecular weight excluding hydrogens is 374 g/mol. The molecule has 0 atom stereocenters. The van der Waals surface area contributed by atoms with Crippen LogP contribution in [0.2, 0.25) is 0 Å². The van der Waals surface area contributed by atoms with E-state index < -0.39 is 10.0 Å². The summed E-state index contributed by atoms with van der Waals surface area (Å²) in [6, 6.07) is 17.2. The second kappa shape index (κ2) is 8.90. The van der Waals surface area contributed by atoms with Crippen molar-refractivity contribution in [1.29, 1.82) is 0 Å². The summed E-state index contributed by atoms with van der Waals surface area (Å²) in [6.07, 6.45) is 3.58. The minimum atomic E-state index is -3.47. The van der Waals surface area contributed by atoms with Gasteiger partial charge in [-0.05, 0) is 54.0 Å². The molecular formula is C22H27NO4S. The predicted molar refractivity (Wildman–Crippen MR) is 111 cm³/mol. The molecule has 0 unspecified atom stereocenters. The van der Waals surface area contributed by atoms with Crippen molar-refractivity contribution in [2.45, 2.75) is 19.3 Å². The number of rotatable bonds is 7. The Balaban J connectivity index is 1.66. The van der Waals surface area contributed by atoms with Crippen molar-refractivity contribution >= 4 is 16.1 Å². The van der Waals surface area contributed by atoms with Crippen LogP contribution in [0.1, 0.15) is 24.0 Å². The van der Waals surface area contributed by atoms with Crippen molar-refractivity contribution in [1.82, 2.24) is 4.31 Å². The lowest BCUT2D eigenvalue weighted by Crippen LogP contribution is -2.45. The van der Waals surface area contributed by atoms with Gasteiger partial charge in [0.2, 0.25) is 10.0 Å². The monoisotopic (exact) mass is 401 g/mol. The molecule has 28 heavy (non-hydrogen) atoms. The summed E-state index contributed by atoms with van der Waals surface area (Å²) < 4.78 is 32.1. The van der Waals surface area contributed by atoms with Gasteiger partial charge in [0.15, 0.2) is 0 Å². The van der Waals surface area contributed by atoms with Gasteiger partial charge in [0.05, 0.1) is 7.11 Å². The summed E-state index contributed by atoms with van der Waals surface area (Å²) in [5, 5.41) is 11.3. The maximum Gasteiger partial charge on any atom is 0.236 e. The van der Waals surface area contributed by atoms with Gasteiger partial charge in [0, 0.05) is 25.1 Å². The van der Waals surface area contributed by atoms with Crippen LogP contribution in [0.5, 0.6) is 5.75 Å². The molecule has 150 valence electrons. The van der Waals surface area contributed by atoms with E-state index in [1.54, 1.807) is 13.2 Å². The van der Waals surface area contributed by atoms with Gasteiger partial charge < -0.3 is 9.84 Å². The van der Waals surface area contributed by atoms with Gasteiger partial charge in [0.1, 0.15) is 5.75 Å². The summed E-state index contributed by atoms with van der Waals surface area (Å²) >= 11 is 0. The molecule has 6 heteroatoms. The van der Waals surface area contributed by atoms with E-state index in [-0.39, 0.29) is 12.0 Å². The molecule has 0 radical (unpaired) electrons. The van der Waals surface area contributed by atoms with Crippen LogP contribution in [0.25, 0.3) is 6.08 Å². The molecule has 5 nitrogen and oxygen atoms in total. The van der Waals surface area contributed by atoms with Crippen molar-refractivity contribution in [3.05, 3.63) is 71.1 Å². The van der Waals surface area contributed by atoms with Gasteiger partial charge in [0.25, 0.3) is 0 Å². The van der Waals surface area contributed by atoms with Gasteiger partial charge in [-0.15, -0.1) is 0 Å². The summed E-state index contributed by atoms with van der Waals surface area (Å²) in [7, 11) is -1.84. The van der Waals surface area contributed by atoms with Gasteiger partial charge in [-0.25, -0.2) is 8.42 Å². The molecule has 1 heterocycles. The first-order valence-electron chi connectivity index (χ1n) is 9.43. The van der Waals surface area contributed by atoms with Crippen LogP contribution in [0.4, 0.5) is 0 Å². The summed E-state index contributed by atoms with van der Waals surface area (Å²) in [5.74, 6) is 0.789. The number of sulfonamides is 1. The fourth-order valence-electron chi connectivity index (χ4n) is 3.64. The third kappa shape index (κ3) is 5.01. The minimum absolute atomic E-state index is 0.0396. The lowest BCUT2D eigenvalue weighted by Gasteiger charge is -2.40. The normalized spacial score (nSPS) is 17.6. The number of ether oxygens (including phenoxy) is 1. The second-order valence-corrected chi connectivity index (χ2v) is 9.16. The number of methoxy groups -OCH3 is 1. The van der Waals surface area contributed by atoms with Crippen LogP contribution in [0, 0.1) is 5.41 Å². The van der Waals surface area contributed by atoms with Crippen LogP contribution >= 0.6 is 0 Å². The Morgan fingerprint density at radius 1 is 1.11 bits per heavy atom. The van der Waals surface area contributed by atoms with E-state index in [0.29, 0.717) is 32.4 Å². The van der Waals surface area contributed by atoms with Crippen molar-refractivity contribution < 1.29 is 18.3 Å². The molecule has 1 aliphatic rings. The lowest BCUT2D eigenvalue weighted by molar-refractivity contribution is 0.0687. The van der Waals surface area contributed by atoms with Crippen molar-refractivity contribution in [3.63, 3.8) is 0 Å². The first-order chi connectivity index (χ1) is 13.5. The largest absolute Gasteiger partial charge is 0.497 e. The number of aliphatic hydroxyl groups is 1. The molecule has 1 fully saturated rings. The van der Waals surface area contributed by atoms with E-state index in [2.05, 4.69) is 0 Å². The topological polar surface area (TPSA) is 66.8 Å². The van der Waals surface area contributed by atoms with Crippen LogP contribution in [-0.2, 0) is 16.4 Å². The van der Waals surface area contributed by atoms with Crippen molar-refractivity contribution in [3.8, 4) is 5.75 Å². The Labute approximate surface area is 167 Å². The smallest absolute Gasteiger partial charge is 0.236 e. The van der Waals surface area contributed by atoms with Gasteiger partial charge >= 0.3 is 0 Å². The second-order valence-electron chi connectivity index (χ2n) is 7.34. The number of hydrogen-bond acceptors (Lipinski definition) is 4.